The van der Waals surface area contributed by atoms with Crippen LogP contribution in [0.3, 0.4) is 0 Å². The summed E-state index contributed by atoms with van der Waals surface area (Å²) in [4.78, 5) is 27.2. The van der Waals surface area contributed by atoms with Gasteiger partial charge in [0.15, 0.2) is 0 Å². The van der Waals surface area contributed by atoms with Gasteiger partial charge in [0.1, 0.15) is 12.4 Å². The molecule has 0 unspecified atom stereocenters. The van der Waals surface area contributed by atoms with Gasteiger partial charge >= 0.3 is 12.2 Å². The molecule has 164 valence electrons. The average Bonchev–Trinajstić information content (AvgIpc) is 2.66. The number of urea groups is 1. The third-order valence-corrected chi connectivity index (χ3v) is 5.60. The zero-order chi connectivity index (χ0) is 21.5. The summed E-state index contributed by atoms with van der Waals surface area (Å²) < 4.78 is 63.9. The lowest BCUT2D eigenvalue weighted by Gasteiger charge is -2.46. The number of likely N-dealkylation sites (tertiary alicyclic amines) is 2. The molecule has 3 saturated heterocycles. The first-order valence-electron chi connectivity index (χ1n) is 9.63. The number of nitrogens with one attached hydrogen (secondary N) is 1. The van der Waals surface area contributed by atoms with Crippen molar-refractivity contribution in [2.45, 2.75) is 37.5 Å². The summed E-state index contributed by atoms with van der Waals surface area (Å²) in [6, 6.07) is 2.31. The molecule has 30 heavy (non-hydrogen) atoms. The van der Waals surface area contributed by atoms with Crippen molar-refractivity contribution < 1.29 is 36.6 Å². The molecule has 0 saturated carbocycles. The van der Waals surface area contributed by atoms with Crippen LogP contribution in [0, 0.1) is 5.82 Å². The first-order chi connectivity index (χ1) is 14.2. The lowest BCUT2D eigenvalue weighted by Crippen LogP contribution is -2.65. The third kappa shape index (κ3) is 4.22. The number of hydrogen-bond acceptors (Lipinski definition) is 4. The molecule has 4 rings (SSSR count). The lowest BCUT2D eigenvalue weighted by molar-refractivity contribution is -0.141. The second-order valence-electron chi connectivity index (χ2n) is 7.64. The molecule has 3 fully saturated rings. The van der Waals surface area contributed by atoms with Gasteiger partial charge in [0.05, 0.1) is 43.5 Å². The highest BCUT2D eigenvalue weighted by atomic mass is 19.4. The van der Waals surface area contributed by atoms with Crippen LogP contribution in [-0.2, 0) is 27.1 Å². The summed E-state index contributed by atoms with van der Waals surface area (Å²) in [6.07, 6.45) is -4.64. The van der Waals surface area contributed by atoms with Gasteiger partial charge in [-0.3, -0.25) is 4.79 Å². The number of benzene rings is 1. The van der Waals surface area contributed by atoms with Gasteiger partial charge in [-0.1, -0.05) is 6.07 Å². The first-order valence-corrected chi connectivity index (χ1v) is 9.63. The van der Waals surface area contributed by atoms with Gasteiger partial charge in [-0.2, -0.15) is 13.2 Å². The standard InChI is InChI=1S/C19H21F4N3O4/c20-14-3-1-2-13(19(21,22)23)12(14)9-29-11-6-26(7-11)18(28)25-5-4-16-15(8-25)24-17(27)10-30-16/h1-3,11,15-16H,4-10H2,(H,24,27)/t15-,16+/m1/s1. The number of piperidine rings is 1. The number of carbonyl (C=O) groups excluding carboxylic acids is 2. The smallest absolute Gasteiger partial charge is 0.370 e. The Labute approximate surface area is 169 Å². The van der Waals surface area contributed by atoms with Crippen molar-refractivity contribution in [3.8, 4) is 0 Å². The molecule has 0 aromatic heterocycles. The minimum absolute atomic E-state index is 0.0261. The number of hydrogen-bond donors (Lipinski definition) is 1. The van der Waals surface area contributed by atoms with Crippen LogP contribution in [0.1, 0.15) is 17.5 Å². The predicted molar refractivity (Wildman–Crippen MR) is 94.8 cm³/mol. The van der Waals surface area contributed by atoms with Crippen LogP contribution in [0.15, 0.2) is 18.2 Å². The number of ether oxygens (including phenoxy) is 2. The van der Waals surface area contributed by atoms with Gasteiger partial charge in [0, 0.05) is 18.7 Å². The highest BCUT2D eigenvalue weighted by Crippen LogP contribution is 2.34. The number of amides is 3. The van der Waals surface area contributed by atoms with E-state index in [1.165, 1.54) is 4.90 Å². The number of alkyl halides is 3. The van der Waals surface area contributed by atoms with E-state index in [0.717, 1.165) is 18.2 Å². The van der Waals surface area contributed by atoms with Crippen LogP contribution < -0.4 is 5.32 Å². The molecule has 0 radical (unpaired) electrons. The van der Waals surface area contributed by atoms with Crippen LogP contribution in [0.2, 0.25) is 0 Å². The van der Waals surface area contributed by atoms with E-state index in [0.29, 0.717) is 19.5 Å². The fourth-order valence-electron chi connectivity index (χ4n) is 3.95. The van der Waals surface area contributed by atoms with E-state index in [-0.39, 0.29) is 43.8 Å². The van der Waals surface area contributed by atoms with E-state index in [1.54, 1.807) is 4.90 Å². The fourth-order valence-corrected chi connectivity index (χ4v) is 3.95. The van der Waals surface area contributed by atoms with E-state index >= 15 is 0 Å². The number of fused-ring (bicyclic) bond motifs is 1. The maximum atomic E-state index is 13.9. The number of halogens is 4. The Bertz CT molecular complexity index is 828. The highest BCUT2D eigenvalue weighted by molar-refractivity contribution is 5.79. The van der Waals surface area contributed by atoms with Gasteiger partial charge in [0.25, 0.3) is 0 Å². The summed E-state index contributed by atoms with van der Waals surface area (Å²) >= 11 is 0. The van der Waals surface area contributed by atoms with Gasteiger partial charge < -0.3 is 24.6 Å². The van der Waals surface area contributed by atoms with Crippen LogP contribution in [0.5, 0.6) is 0 Å². The van der Waals surface area contributed by atoms with E-state index in [2.05, 4.69) is 5.32 Å². The molecule has 1 aromatic rings. The second kappa shape index (κ2) is 8.03. The van der Waals surface area contributed by atoms with Gasteiger partial charge in [0.2, 0.25) is 5.91 Å². The summed E-state index contributed by atoms with van der Waals surface area (Å²) in [5.41, 5.74) is -1.60. The maximum absolute atomic E-state index is 13.9. The molecule has 0 spiro atoms. The Hall–Kier alpha value is -2.40. The Kier molecular flexibility index (Phi) is 5.58. The predicted octanol–water partition coefficient (Wildman–Crippen LogP) is 1.75. The van der Waals surface area contributed by atoms with Crippen molar-refractivity contribution >= 4 is 11.9 Å². The number of nitrogens with zero attached hydrogens (tertiary/aromatic N) is 2. The summed E-state index contributed by atoms with van der Waals surface area (Å²) in [6.45, 7) is 0.747. The first kappa shape index (κ1) is 20.9. The van der Waals surface area contributed by atoms with E-state index in [9.17, 15) is 27.2 Å². The summed E-state index contributed by atoms with van der Waals surface area (Å²) in [5.74, 6) is -1.19. The van der Waals surface area contributed by atoms with Crippen molar-refractivity contribution in [1.82, 2.24) is 15.1 Å². The summed E-state index contributed by atoms with van der Waals surface area (Å²) in [5, 5.41) is 2.82. The molecule has 0 bridgehead atoms. The van der Waals surface area contributed by atoms with Crippen molar-refractivity contribution in [3.05, 3.63) is 35.1 Å². The zero-order valence-electron chi connectivity index (χ0n) is 16.0. The molecule has 7 nitrogen and oxygen atoms in total. The third-order valence-electron chi connectivity index (χ3n) is 5.60. The van der Waals surface area contributed by atoms with Gasteiger partial charge in [-0.25, -0.2) is 9.18 Å². The zero-order valence-corrected chi connectivity index (χ0v) is 16.0. The number of rotatable bonds is 3. The monoisotopic (exact) mass is 431 g/mol. The average molecular weight is 431 g/mol. The van der Waals surface area contributed by atoms with Gasteiger partial charge in [-0.15, -0.1) is 0 Å². The Morgan fingerprint density at radius 2 is 2.00 bits per heavy atom. The molecular weight excluding hydrogens is 410 g/mol. The van der Waals surface area contributed by atoms with E-state index < -0.39 is 35.8 Å². The fraction of sp³-hybridized carbons (Fsp3) is 0.579. The minimum atomic E-state index is -4.67. The van der Waals surface area contributed by atoms with Crippen molar-refractivity contribution in [2.75, 3.05) is 32.8 Å². The van der Waals surface area contributed by atoms with Crippen LogP contribution in [-0.4, -0.2) is 72.8 Å². The van der Waals surface area contributed by atoms with Crippen LogP contribution in [0.4, 0.5) is 22.4 Å². The highest BCUT2D eigenvalue weighted by Gasteiger charge is 2.41. The molecule has 3 heterocycles. The Morgan fingerprint density at radius 3 is 2.73 bits per heavy atom. The molecular formula is C19H21F4N3O4. The van der Waals surface area contributed by atoms with Gasteiger partial charge in [-0.05, 0) is 18.6 Å². The van der Waals surface area contributed by atoms with E-state index in [1.807, 2.05) is 0 Å². The van der Waals surface area contributed by atoms with Crippen molar-refractivity contribution in [2.24, 2.45) is 0 Å². The maximum Gasteiger partial charge on any atom is 0.416 e. The molecule has 1 aromatic carbocycles. The van der Waals surface area contributed by atoms with Crippen LogP contribution in [0.25, 0.3) is 0 Å². The van der Waals surface area contributed by atoms with Crippen LogP contribution >= 0.6 is 0 Å². The normalized spacial score (nSPS) is 24.9. The minimum Gasteiger partial charge on any atom is -0.370 e. The Morgan fingerprint density at radius 1 is 1.23 bits per heavy atom. The van der Waals surface area contributed by atoms with E-state index in [4.69, 9.17) is 9.47 Å². The molecule has 1 N–H and O–H groups in total. The largest absolute Gasteiger partial charge is 0.416 e. The second-order valence-corrected chi connectivity index (χ2v) is 7.64. The Balaban J connectivity index is 1.28. The molecule has 3 amide bonds. The summed E-state index contributed by atoms with van der Waals surface area (Å²) in [7, 11) is 0. The lowest BCUT2D eigenvalue weighted by atomic mass is 10.0. The molecule has 3 aliphatic rings. The van der Waals surface area contributed by atoms with Crippen molar-refractivity contribution in [3.63, 3.8) is 0 Å². The SMILES string of the molecule is O=C1CO[C@H]2CCN(C(=O)N3CC(OCc4c(F)cccc4C(F)(F)F)C3)C[C@H]2N1. The number of carbonyl (C=O) groups is 2. The molecule has 0 aliphatic carbocycles. The quantitative estimate of drug-likeness (QED) is 0.741. The molecule has 2 atom stereocenters. The molecule has 11 heteroatoms. The topological polar surface area (TPSA) is 71.1 Å². The number of morpholine rings is 1. The van der Waals surface area contributed by atoms with Crippen molar-refractivity contribution in [1.29, 1.82) is 0 Å². The molecule has 3 aliphatic heterocycles.